The summed E-state index contributed by atoms with van der Waals surface area (Å²) in [5.74, 6) is 0.442. The van der Waals surface area contributed by atoms with E-state index < -0.39 is 0 Å². The number of hydrogen-bond donors (Lipinski definition) is 2. The third-order valence-electron chi connectivity index (χ3n) is 4.16. The Labute approximate surface area is 97.5 Å². The molecule has 0 unspecified atom stereocenters. The summed E-state index contributed by atoms with van der Waals surface area (Å²) in [6, 6.07) is 4.16. The maximum absolute atomic E-state index is 10.0. The van der Waals surface area contributed by atoms with Crippen molar-refractivity contribution in [2.75, 3.05) is 6.54 Å². The fourth-order valence-corrected chi connectivity index (χ4v) is 3.05. The van der Waals surface area contributed by atoms with E-state index in [0.29, 0.717) is 12.3 Å². The first kappa shape index (κ1) is 11.5. The van der Waals surface area contributed by atoms with Crippen LogP contribution in [0.2, 0.25) is 0 Å². The van der Waals surface area contributed by atoms with Gasteiger partial charge in [0.1, 0.15) is 5.75 Å². The Bertz CT molecular complexity index is 392. The predicted octanol–water partition coefficient (Wildman–Crippen LogP) is 2.78. The maximum atomic E-state index is 10.0. The molecule has 16 heavy (non-hydrogen) atoms. The number of phenolic OH excluding ortho intramolecular Hbond substituents is 1. The Morgan fingerprint density at radius 3 is 2.44 bits per heavy atom. The van der Waals surface area contributed by atoms with Crippen LogP contribution in [0.5, 0.6) is 5.75 Å². The maximum Gasteiger partial charge on any atom is 0.121 e. The number of phenols is 1. The third-order valence-corrected chi connectivity index (χ3v) is 4.16. The van der Waals surface area contributed by atoms with Gasteiger partial charge in [-0.15, -0.1) is 0 Å². The molecule has 0 aromatic heterocycles. The van der Waals surface area contributed by atoms with Crippen LogP contribution in [0.4, 0.5) is 0 Å². The minimum Gasteiger partial charge on any atom is -0.507 e. The summed E-state index contributed by atoms with van der Waals surface area (Å²) < 4.78 is 0. The van der Waals surface area contributed by atoms with Crippen LogP contribution in [0.25, 0.3) is 0 Å². The number of aryl methyl sites for hydroxylation is 1. The molecule has 88 valence electrons. The largest absolute Gasteiger partial charge is 0.507 e. The van der Waals surface area contributed by atoms with Crippen LogP contribution in [0.3, 0.4) is 0 Å². The Hall–Kier alpha value is -1.02. The Morgan fingerprint density at radius 2 is 1.88 bits per heavy atom. The predicted molar refractivity (Wildman–Crippen MR) is 66.8 cm³/mol. The molecule has 0 heterocycles. The zero-order chi connectivity index (χ0) is 11.8. The molecule has 1 fully saturated rings. The van der Waals surface area contributed by atoms with Gasteiger partial charge in [-0.1, -0.05) is 25.0 Å². The van der Waals surface area contributed by atoms with Gasteiger partial charge in [0, 0.05) is 12.0 Å². The molecule has 0 amide bonds. The summed E-state index contributed by atoms with van der Waals surface area (Å²) in [6.07, 6.45) is 4.83. The lowest BCUT2D eigenvalue weighted by molar-refractivity contribution is 0.434. The van der Waals surface area contributed by atoms with E-state index in [9.17, 15) is 5.11 Å². The van der Waals surface area contributed by atoms with Gasteiger partial charge in [0.05, 0.1) is 0 Å². The van der Waals surface area contributed by atoms with Crippen molar-refractivity contribution in [3.8, 4) is 5.75 Å². The lowest BCUT2D eigenvalue weighted by Crippen LogP contribution is -2.32. The molecule has 0 bridgehead atoms. The molecule has 3 N–H and O–H groups in total. The third kappa shape index (κ3) is 1.61. The van der Waals surface area contributed by atoms with E-state index >= 15 is 0 Å². The minimum absolute atomic E-state index is 0.120. The van der Waals surface area contributed by atoms with Crippen LogP contribution < -0.4 is 5.73 Å². The van der Waals surface area contributed by atoms with Crippen LogP contribution in [0, 0.1) is 13.8 Å². The van der Waals surface area contributed by atoms with Crippen LogP contribution >= 0.6 is 0 Å². The van der Waals surface area contributed by atoms with E-state index in [1.54, 1.807) is 0 Å². The first-order chi connectivity index (χ1) is 7.60. The van der Waals surface area contributed by atoms with Gasteiger partial charge in [0.15, 0.2) is 0 Å². The van der Waals surface area contributed by atoms with E-state index in [0.717, 1.165) is 24.0 Å². The van der Waals surface area contributed by atoms with Crippen molar-refractivity contribution in [3.05, 3.63) is 28.8 Å². The first-order valence-electron chi connectivity index (χ1n) is 6.10. The standard InChI is InChI=1S/C14H21NO/c1-10-5-6-12(11(2)13(10)16)14(9-15)7-3-4-8-14/h5-6,16H,3-4,7-9,15H2,1-2H3. The van der Waals surface area contributed by atoms with Crippen LogP contribution in [-0.2, 0) is 5.41 Å². The zero-order valence-corrected chi connectivity index (χ0v) is 10.2. The summed E-state index contributed by atoms with van der Waals surface area (Å²) in [6.45, 7) is 4.64. The molecule has 0 aliphatic heterocycles. The van der Waals surface area contributed by atoms with Gasteiger partial charge in [-0.25, -0.2) is 0 Å². The van der Waals surface area contributed by atoms with Gasteiger partial charge in [-0.3, -0.25) is 0 Å². The topological polar surface area (TPSA) is 46.2 Å². The monoisotopic (exact) mass is 219 g/mol. The number of hydrogen-bond acceptors (Lipinski definition) is 2. The zero-order valence-electron chi connectivity index (χ0n) is 10.2. The Balaban J connectivity index is 2.51. The molecular formula is C14H21NO. The average Bonchev–Trinajstić information content (AvgIpc) is 2.76. The van der Waals surface area contributed by atoms with E-state index in [-0.39, 0.29) is 5.41 Å². The lowest BCUT2D eigenvalue weighted by Gasteiger charge is -2.30. The highest BCUT2D eigenvalue weighted by molar-refractivity contribution is 5.47. The summed E-state index contributed by atoms with van der Waals surface area (Å²) in [5.41, 5.74) is 9.33. The first-order valence-corrected chi connectivity index (χ1v) is 6.10. The number of benzene rings is 1. The highest BCUT2D eigenvalue weighted by atomic mass is 16.3. The van der Waals surface area contributed by atoms with Crippen molar-refractivity contribution in [2.24, 2.45) is 5.73 Å². The van der Waals surface area contributed by atoms with Gasteiger partial charge < -0.3 is 10.8 Å². The number of aromatic hydroxyl groups is 1. The molecule has 0 atom stereocenters. The van der Waals surface area contributed by atoms with Gasteiger partial charge in [0.2, 0.25) is 0 Å². The highest BCUT2D eigenvalue weighted by Crippen LogP contribution is 2.43. The van der Waals surface area contributed by atoms with E-state index in [1.807, 2.05) is 19.9 Å². The molecule has 1 aliphatic rings. The van der Waals surface area contributed by atoms with Crippen molar-refractivity contribution in [1.29, 1.82) is 0 Å². The molecular weight excluding hydrogens is 198 g/mol. The molecule has 2 heteroatoms. The summed E-state index contributed by atoms with van der Waals surface area (Å²) in [7, 11) is 0. The fraction of sp³-hybridized carbons (Fsp3) is 0.571. The molecule has 2 nitrogen and oxygen atoms in total. The van der Waals surface area contributed by atoms with Crippen LogP contribution in [-0.4, -0.2) is 11.7 Å². The molecule has 1 aliphatic carbocycles. The van der Waals surface area contributed by atoms with Crippen LogP contribution in [0.15, 0.2) is 12.1 Å². The molecule has 1 saturated carbocycles. The summed E-state index contributed by atoms with van der Waals surface area (Å²) in [5, 5.41) is 10.0. The van der Waals surface area contributed by atoms with Gasteiger partial charge in [-0.2, -0.15) is 0 Å². The molecule has 0 radical (unpaired) electrons. The molecule has 1 aromatic rings. The van der Waals surface area contributed by atoms with E-state index in [2.05, 4.69) is 6.07 Å². The average molecular weight is 219 g/mol. The second-order valence-corrected chi connectivity index (χ2v) is 5.10. The van der Waals surface area contributed by atoms with Crippen molar-refractivity contribution in [3.63, 3.8) is 0 Å². The molecule has 1 aromatic carbocycles. The van der Waals surface area contributed by atoms with E-state index in [1.165, 1.54) is 18.4 Å². The lowest BCUT2D eigenvalue weighted by atomic mass is 9.76. The quantitative estimate of drug-likeness (QED) is 0.803. The van der Waals surface area contributed by atoms with Crippen molar-refractivity contribution < 1.29 is 5.11 Å². The van der Waals surface area contributed by atoms with Crippen molar-refractivity contribution in [1.82, 2.24) is 0 Å². The van der Waals surface area contributed by atoms with Gasteiger partial charge in [-0.05, 0) is 43.4 Å². The Morgan fingerprint density at radius 1 is 1.25 bits per heavy atom. The second kappa shape index (κ2) is 4.10. The second-order valence-electron chi connectivity index (χ2n) is 5.10. The van der Waals surface area contributed by atoms with E-state index in [4.69, 9.17) is 5.73 Å². The molecule has 0 saturated heterocycles. The fourth-order valence-electron chi connectivity index (χ4n) is 3.05. The SMILES string of the molecule is Cc1ccc(C2(CN)CCCC2)c(C)c1O. The van der Waals surface area contributed by atoms with Crippen molar-refractivity contribution >= 4 is 0 Å². The minimum atomic E-state index is 0.120. The number of nitrogens with two attached hydrogens (primary N) is 1. The normalized spacial score (nSPS) is 18.9. The van der Waals surface area contributed by atoms with Gasteiger partial charge >= 0.3 is 0 Å². The van der Waals surface area contributed by atoms with Crippen LogP contribution in [0.1, 0.15) is 42.4 Å². The summed E-state index contributed by atoms with van der Waals surface area (Å²) >= 11 is 0. The molecule has 0 spiro atoms. The summed E-state index contributed by atoms with van der Waals surface area (Å²) in [4.78, 5) is 0. The smallest absolute Gasteiger partial charge is 0.121 e. The number of rotatable bonds is 2. The van der Waals surface area contributed by atoms with Gasteiger partial charge in [0.25, 0.3) is 0 Å². The van der Waals surface area contributed by atoms with Crippen molar-refractivity contribution in [2.45, 2.75) is 44.9 Å². The molecule has 2 rings (SSSR count). The highest BCUT2D eigenvalue weighted by Gasteiger charge is 2.35. The Kier molecular flexibility index (Phi) is 2.94.